The molecule has 4 atom stereocenters. The van der Waals surface area contributed by atoms with Gasteiger partial charge in [-0.15, -0.1) is 0 Å². The third kappa shape index (κ3) is 5.80. The Morgan fingerprint density at radius 2 is 1.00 bits per heavy atom. The highest BCUT2D eigenvalue weighted by Crippen LogP contribution is 2.30. The van der Waals surface area contributed by atoms with Crippen LogP contribution in [0.4, 0.5) is 0 Å². The lowest BCUT2D eigenvalue weighted by Crippen LogP contribution is -2.34. The van der Waals surface area contributed by atoms with Crippen LogP contribution in [0.3, 0.4) is 0 Å². The van der Waals surface area contributed by atoms with Gasteiger partial charge in [-0.05, 0) is 11.1 Å². The summed E-state index contributed by atoms with van der Waals surface area (Å²) >= 11 is 0. The SMILES string of the molecule is O=C1NC[C@H](c2ccccc2)[C@@H]1C(=O)N/N=C\c1ccccc1/C=N\NC(=O)[C@H]1C(=O)NC[C@H]1c1ccccc1. The summed E-state index contributed by atoms with van der Waals surface area (Å²) in [5.74, 6) is -4.02. The number of nitrogens with one attached hydrogen (secondary N) is 4. The van der Waals surface area contributed by atoms with Crippen molar-refractivity contribution >= 4 is 36.1 Å². The van der Waals surface area contributed by atoms with Gasteiger partial charge >= 0.3 is 0 Å². The Hall–Kier alpha value is -5.12. The molecule has 0 aliphatic carbocycles. The summed E-state index contributed by atoms with van der Waals surface area (Å²) in [7, 11) is 0. The number of benzene rings is 3. The van der Waals surface area contributed by atoms with Crippen molar-refractivity contribution in [2.45, 2.75) is 11.8 Å². The number of carbonyl (C=O) groups excluding carboxylic acids is 4. The van der Waals surface area contributed by atoms with Gasteiger partial charge < -0.3 is 10.6 Å². The molecular formula is C30H28N6O4. The molecular weight excluding hydrogens is 508 g/mol. The van der Waals surface area contributed by atoms with Crippen LogP contribution in [0.1, 0.15) is 34.1 Å². The molecule has 202 valence electrons. The highest BCUT2D eigenvalue weighted by Gasteiger charge is 2.42. The Balaban J connectivity index is 1.22. The molecule has 40 heavy (non-hydrogen) atoms. The molecule has 0 aromatic heterocycles. The van der Waals surface area contributed by atoms with E-state index in [-0.39, 0.29) is 23.7 Å². The Morgan fingerprint density at radius 3 is 1.40 bits per heavy atom. The number of carbonyl (C=O) groups is 4. The number of nitrogens with zero attached hydrogens (tertiary/aromatic N) is 2. The van der Waals surface area contributed by atoms with E-state index in [1.165, 1.54) is 12.4 Å². The maximum atomic E-state index is 12.9. The first-order valence-corrected chi connectivity index (χ1v) is 12.9. The third-order valence-electron chi connectivity index (χ3n) is 7.14. The summed E-state index contributed by atoms with van der Waals surface area (Å²) in [4.78, 5) is 50.5. The summed E-state index contributed by atoms with van der Waals surface area (Å²) in [6, 6.07) is 25.9. The molecule has 3 aromatic rings. The summed E-state index contributed by atoms with van der Waals surface area (Å²) < 4.78 is 0. The van der Waals surface area contributed by atoms with Crippen LogP contribution in [0.15, 0.2) is 95.1 Å². The van der Waals surface area contributed by atoms with Gasteiger partial charge in [0, 0.05) is 36.1 Å². The largest absolute Gasteiger partial charge is 0.355 e. The van der Waals surface area contributed by atoms with Gasteiger partial charge in [0.05, 0.1) is 12.4 Å². The summed E-state index contributed by atoms with van der Waals surface area (Å²) in [5, 5.41) is 13.6. The predicted octanol–water partition coefficient (Wildman–Crippen LogP) is 1.65. The van der Waals surface area contributed by atoms with Crippen molar-refractivity contribution in [3.05, 3.63) is 107 Å². The van der Waals surface area contributed by atoms with E-state index in [1.54, 1.807) is 24.3 Å². The van der Waals surface area contributed by atoms with Crippen LogP contribution >= 0.6 is 0 Å². The standard InChI is InChI=1S/C30H28N6O4/c37-27-25(23(17-31-27)19-9-3-1-4-10-19)29(39)35-33-15-21-13-7-8-14-22(21)16-34-36-30(40)26-24(18-32-28(26)38)20-11-5-2-6-12-20/h1-16,23-26H,17-18H2,(H,31,37)(H,32,38)(H,35,39)(H,36,40)/b33-15-,34-16-/t23-,24+,25+,26-. The van der Waals surface area contributed by atoms with Crippen LogP contribution < -0.4 is 21.5 Å². The average Bonchev–Trinajstić information content (AvgIpc) is 3.57. The van der Waals surface area contributed by atoms with Crippen LogP contribution in [-0.2, 0) is 19.2 Å². The van der Waals surface area contributed by atoms with E-state index >= 15 is 0 Å². The highest BCUT2D eigenvalue weighted by molar-refractivity contribution is 6.04. The summed E-state index contributed by atoms with van der Waals surface area (Å²) in [6.45, 7) is 0.758. The van der Waals surface area contributed by atoms with Crippen LogP contribution in [0, 0.1) is 11.8 Å². The lowest BCUT2D eigenvalue weighted by atomic mass is 9.88. The van der Waals surface area contributed by atoms with Crippen molar-refractivity contribution < 1.29 is 19.2 Å². The topological polar surface area (TPSA) is 141 Å². The van der Waals surface area contributed by atoms with E-state index in [4.69, 9.17) is 0 Å². The van der Waals surface area contributed by atoms with Crippen LogP contribution in [0.25, 0.3) is 0 Å². The zero-order valence-corrected chi connectivity index (χ0v) is 21.5. The zero-order valence-electron chi connectivity index (χ0n) is 21.5. The smallest absolute Gasteiger partial charge is 0.253 e. The van der Waals surface area contributed by atoms with Gasteiger partial charge in [-0.2, -0.15) is 10.2 Å². The van der Waals surface area contributed by atoms with E-state index in [0.29, 0.717) is 24.2 Å². The maximum Gasteiger partial charge on any atom is 0.253 e. The number of rotatable bonds is 8. The van der Waals surface area contributed by atoms with Gasteiger partial charge in [-0.1, -0.05) is 84.9 Å². The molecule has 2 heterocycles. The van der Waals surface area contributed by atoms with Crippen molar-refractivity contribution in [2.24, 2.45) is 22.0 Å². The fourth-order valence-electron chi connectivity index (χ4n) is 5.08. The molecule has 2 saturated heterocycles. The molecule has 10 heteroatoms. The van der Waals surface area contributed by atoms with E-state index < -0.39 is 23.7 Å². The van der Waals surface area contributed by atoms with Crippen molar-refractivity contribution in [2.75, 3.05) is 13.1 Å². The van der Waals surface area contributed by atoms with E-state index in [2.05, 4.69) is 31.7 Å². The van der Waals surface area contributed by atoms with Gasteiger partial charge in [0.2, 0.25) is 11.8 Å². The second-order valence-electron chi connectivity index (χ2n) is 9.58. The molecule has 0 bridgehead atoms. The highest BCUT2D eigenvalue weighted by atomic mass is 16.2. The lowest BCUT2D eigenvalue weighted by Gasteiger charge is -2.15. The average molecular weight is 537 g/mol. The fourth-order valence-corrected chi connectivity index (χ4v) is 5.08. The van der Waals surface area contributed by atoms with Crippen molar-refractivity contribution in [3.63, 3.8) is 0 Å². The van der Waals surface area contributed by atoms with Crippen LogP contribution in [0.2, 0.25) is 0 Å². The Bertz CT molecular complexity index is 1350. The van der Waals surface area contributed by atoms with Gasteiger partial charge in [-0.3, -0.25) is 19.2 Å². The molecule has 3 aromatic carbocycles. The maximum absolute atomic E-state index is 12.9. The first-order valence-electron chi connectivity index (χ1n) is 12.9. The lowest BCUT2D eigenvalue weighted by molar-refractivity contribution is -0.135. The minimum Gasteiger partial charge on any atom is -0.355 e. The summed E-state index contributed by atoms with van der Waals surface area (Å²) in [6.07, 6.45) is 2.89. The number of hydrazone groups is 2. The first kappa shape index (κ1) is 26.5. The minimum atomic E-state index is -0.890. The predicted molar refractivity (Wildman–Crippen MR) is 149 cm³/mol. The van der Waals surface area contributed by atoms with Crippen molar-refractivity contribution in [1.29, 1.82) is 0 Å². The molecule has 0 radical (unpaired) electrons. The van der Waals surface area contributed by atoms with Crippen molar-refractivity contribution in [3.8, 4) is 0 Å². The first-order chi connectivity index (χ1) is 19.5. The van der Waals surface area contributed by atoms with Crippen LogP contribution in [0.5, 0.6) is 0 Å². The minimum absolute atomic E-state index is 0.282. The van der Waals surface area contributed by atoms with Gasteiger partial charge in [-0.25, -0.2) is 10.9 Å². The molecule has 0 unspecified atom stereocenters. The molecule has 4 N–H and O–H groups in total. The Kier molecular flexibility index (Phi) is 8.05. The van der Waals surface area contributed by atoms with Crippen molar-refractivity contribution in [1.82, 2.24) is 21.5 Å². The van der Waals surface area contributed by atoms with Crippen LogP contribution in [-0.4, -0.2) is 49.1 Å². The fraction of sp³-hybridized carbons (Fsp3) is 0.200. The second kappa shape index (κ2) is 12.2. The molecule has 2 aliphatic rings. The Morgan fingerprint density at radius 1 is 0.625 bits per heavy atom. The number of hydrogen-bond donors (Lipinski definition) is 4. The second-order valence-corrected chi connectivity index (χ2v) is 9.58. The molecule has 2 fully saturated rings. The van der Waals surface area contributed by atoms with Gasteiger partial charge in [0.25, 0.3) is 11.8 Å². The van der Waals surface area contributed by atoms with Gasteiger partial charge in [0.1, 0.15) is 11.8 Å². The van der Waals surface area contributed by atoms with E-state index in [0.717, 1.165) is 11.1 Å². The van der Waals surface area contributed by atoms with E-state index in [1.807, 2.05) is 60.7 Å². The molecule has 5 rings (SSSR count). The third-order valence-corrected chi connectivity index (χ3v) is 7.14. The van der Waals surface area contributed by atoms with Gasteiger partial charge in [0.15, 0.2) is 0 Å². The number of hydrogen-bond acceptors (Lipinski definition) is 6. The summed E-state index contributed by atoms with van der Waals surface area (Å²) in [5.41, 5.74) is 8.00. The Labute approximate surface area is 230 Å². The monoisotopic (exact) mass is 536 g/mol. The molecule has 10 nitrogen and oxygen atoms in total. The quantitative estimate of drug-likeness (QED) is 0.197. The zero-order chi connectivity index (χ0) is 27.9. The molecule has 4 amide bonds. The molecule has 2 aliphatic heterocycles. The van der Waals surface area contributed by atoms with E-state index in [9.17, 15) is 19.2 Å². The number of amides is 4. The normalized spacial score (nSPS) is 22.3. The molecule has 0 spiro atoms. The molecule has 0 saturated carbocycles.